The molecule has 0 heterocycles. The molecule has 0 radical (unpaired) electrons. The van der Waals surface area contributed by atoms with Crippen molar-refractivity contribution in [3.05, 3.63) is 60.2 Å². The summed E-state index contributed by atoms with van der Waals surface area (Å²) in [5, 5.41) is 0. The molecule has 0 aliphatic carbocycles. The second kappa shape index (κ2) is 6.79. The summed E-state index contributed by atoms with van der Waals surface area (Å²) in [4.78, 5) is 13.9. The topological polar surface area (TPSA) is 55.6 Å². The lowest BCUT2D eigenvalue weighted by Crippen LogP contribution is -2.33. The first-order valence-corrected chi connectivity index (χ1v) is 6.87. The minimum Gasteiger partial charge on any atom is -0.484 e. The summed E-state index contributed by atoms with van der Waals surface area (Å²) in [6.07, 6.45) is 0. The number of rotatable bonds is 5. The normalized spacial score (nSPS) is 11.7. The molecule has 2 rings (SSSR count). The maximum Gasteiger partial charge on any atom is 0.260 e. The van der Waals surface area contributed by atoms with Crippen LogP contribution in [0, 0.1) is 0 Å². The van der Waals surface area contributed by atoms with Crippen molar-refractivity contribution in [3.63, 3.8) is 0 Å². The molecule has 2 aromatic rings. The number of nitrogens with zero attached hydrogens (tertiary/aromatic N) is 1. The summed E-state index contributed by atoms with van der Waals surface area (Å²) >= 11 is 0. The maximum absolute atomic E-state index is 12.2. The second-order valence-electron chi connectivity index (χ2n) is 4.95. The van der Waals surface area contributed by atoms with Crippen LogP contribution in [0.1, 0.15) is 18.5 Å². The highest BCUT2D eigenvalue weighted by molar-refractivity contribution is 5.78. The molecule has 0 saturated heterocycles. The lowest BCUT2D eigenvalue weighted by molar-refractivity contribution is -0.134. The summed E-state index contributed by atoms with van der Waals surface area (Å²) in [5.74, 6) is 0.615. The Kier molecular flexibility index (Phi) is 4.82. The van der Waals surface area contributed by atoms with Gasteiger partial charge in [-0.05, 0) is 36.8 Å². The Morgan fingerprint density at radius 1 is 1.19 bits per heavy atom. The van der Waals surface area contributed by atoms with Gasteiger partial charge in [0.1, 0.15) is 5.75 Å². The standard InChI is InChI=1S/C17H20N2O2/c1-13(14-7-6-8-15(18)11-14)19(2)17(20)12-21-16-9-4-3-5-10-16/h3-11,13H,12,18H2,1-2H3. The highest BCUT2D eigenvalue weighted by Gasteiger charge is 2.17. The summed E-state index contributed by atoms with van der Waals surface area (Å²) in [6.45, 7) is 1.99. The van der Waals surface area contributed by atoms with Gasteiger partial charge in [0.15, 0.2) is 6.61 Å². The van der Waals surface area contributed by atoms with E-state index in [1.807, 2.05) is 61.5 Å². The van der Waals surface area contributed by atoms with Crippen molar-refractivity contribution in [2.24, 2.45) is 0 Å². The fourth-order valence-electron chi connectivity index (χ4n) is 2.02. The number of nitrogen functional groups attached to an aromatic ring is 1. The molecule has 0 spiro atoms. The lowest BCUT2D eigenvalue weighted by atomic mass is 10.1. The first kappa shape index (κ1) is 14.9. The average molecular weight is 284 g/mol. The molecule has 0 fully saturated rings. The van der Waals surface area contributed by atoms with Gasteiger partial charge < -0.3 is 15.4 Å². The molecule has 0 bridgehead atoms. The summed E-state index contributed by atoms with van der Waals surface area (Å²) in [5.41, 5.74) is 7.48. The summed E-state index contributed by atoms with van der Waals surface area (Å²) in [6, 6.07) is 16.8. The molecule has 0 saturated carbocycles. The number of carbonyl (C=O) groups is 1. The molecule has 21 heavy (non-hydrogen) atoms. The predicted molar refractivity (Wildman–Crippen MR) is 84.0 cm³/mol. The zero-order valence-corrected chi connectivity index (χ0v) is 12.3. The van der Waals surface area contributed by atoms with Crippen LogP contribution in [0.3, 0.4) is 0 Å². The third-order valence-electron chi connectivity index (χ3n) is 3.47. The monoisotopic (exact) mass is 284 g/mol. The molecule has 1 atom stereocenters. The molecule has 0 aliphatic heterocycles. The zero-order valence-electron chi connectivity index (χ0n) is 12.3. The summed E-state index contributed by atoms with van der Waals surface area (Å²) < 4.78 is 5.48. The maximum atomic E-state index is 12.2. The van der Waals surface area contributed by atoms with Crippen LogP contribution in [-0.4, -0.2) is 24.5 Å². The molecule has 1 amide bonds. The first-order chi connectivity index (χ1) is 10.1. The lowest BCUT2D eigenvalue weighted by Gasteiger charge is -2.25. The highest BCUT2D eigenvalue weighted by Crippen LogP contribution is 2.21. The number of ether oxygens (including phenoxy) is 1. The van der Waals surface area contributed by atoms with Crippen LogP contribution in [0.4, 0.5) is 5.69 Å². The fourth-order valence-corrected chi connectivity index (χ4v) is 2.02. The number of likely N-dealkylation sites (N-methyl/N-ethyl adjacent to an activating group) is 1. The molecular formula is C17H20N2O2. The highest BCUT2D eigenvalue weighted by atomic mass is 16.5. The van der Waals surface area contributed by atoms with E-state index in [9.17, 15) is 4.79 Å². The van der Waals surface area contributed by atoms with Crippen LogP contribution < -0.4 is 10.5 Å². The van der Waals surface area contributed by atoms with Crippen molar-refractivity contribution in [2.45, 2.75) is 13.0 Å². The Morgan fingerprint density at radius 2 is 1.90 bits per heavy atom. The Morgan fingerprint density at radius 3 is 2.57 bits per heavy atom. The number of para-hydroxylation sites is 1. The predicted octanol–water partition coefficient (Wildman–Crippen LogP) is 2.87. The fraction of sp³-hybridized carbons (Fsp3) is 0.235. The van der Waals surface area contributed by atoms with Gasteiger partial charge in [0.05, 0.1) is 6.04 Å². The third kappa shape index (κ3) is 3.99. The largest absolute Gasteiger partial charge is 0.484 e. The van der Waals surface area contributed by atoms with Crippen LogP contribution in [0.2, 0.25) is 0 Å². The number of carbonyl (C=O) groups excluding carboxylic acids is 1. The van der Waals surface area contributed by atoms with E-state index < -0.39 is 0 Å². The van der Waals surface area contributed by atoms with E-state index in [-0.39, 0.29) is 18.6 Å². The molecule has 4 heteroatoms. The van der Waals surface area contributed by atoms with E-state index in [0.29, 0.717) is 11.4 Å². The molecule has 2 N–H and O–H groups in total. The van der Waals surface area contributed by atoms with Crippen molar-refractivity contribution >= 4 is 11.6 Å². The van der Waals surface area contributed by atoms with Crippen molar-refractivity contribution in [3.8, 4) is 5.75 Å². The molecule has 110 valence electrons. The Balaban J connectivity index is 1.95. The van der Waals surface area contributed by atoms with Gasteiger partial charge in [0, 0.05) is 12.7 Å². The van der Waals surface area contributed by atoms with Crippen molar-refractivity contribution < 1.29 is 9.53 Å². The first-order valence-electron chi connectivity index (χ1n) is 6.87. The van der Waals surface area contributed by atoms with Gasteiger partial charge in [0.25, 0.3) is 5.91 Å². The summed E-state index contributed by atoms with van der Waals surface area (Å²) in [7, 11) is 1.77. The molecule has 2 aromatic carbocycles. The van der Waals surface area contributed by atoms with Crippen molar-refractivity contribution in [1.82, 2.24) is 4.90 Å². The SMILES string of the molecule is CC(c1cccc(N)c1)N(C)C(=O)COc1ccccc1. The smallest absolute Gasteiger partial charge is 0.260 e. The molecule has 4 nitrogen and oxygen atoms in total. The number of hydrogen-bond donors (Lipinski definition) is 1. The van der Waals surface area contributed by atoms with Crippen LogP contribution in [0.25, 0.3) is 0 Å². The molecular weight excluding hydrogens is 264 g/mol. The van der Waals surface area contributed by atoms with Gasteiger partial charge in [-0.15, -0.1) is 0 Å². The third-order valence-corrected chi connectivity index (χ3v) is 3.47. The van der Waals surface area contributed by atoms with E-state index in [1.54, 1.807) is 11.9 Å². The second-order valence-corrected chi connectivity index (χ2v) is 4.95. The minimum absolute atomic E-state index is 0.0210. The van der Waals surface area contributed by atoms with E-state index in [1.165, 1.54) is 0 Å². The van der Waals surface area contributed by atoms with Gasteiger partial charge in [-0.25, -0.2) is 0 Å². The van der Waals surface area contributed by atoms with E-state index in [2.05, 4.69) is 0 Å². The quantitative estimate of drug-likeness (QED) is 0.859. The van der Waals surface area contributed by atoms with Crippen LogP contribution >= 0.6 is 0 Å². The molecule has 0 aromatic heterocycles. The van der Waals surface area contributed by atoms with Gasteiger partial charge in [-0.1, -0.05) is 30.3 Å². The average Bonchev–Trinajstić information content (AvgIpc) is 2.52. The number of anilines is 1. The Hall–Kier alpha value is -2.49. The van der Waals surface area contributed by atoms with Crippen LogP contribution in [0.5, 0.6) is 5.75 Å². The van der Waals surface area contributed by atoms with Crippen molar-refractivity contribution in [2.75, 3.05) is 19.4 Å². The Bertz CT molecular complexity index is 599. The van der Waals surface area contributed by atoms with E-state index >= 15 is 0 Å². The molecule has 0 aliphatic rings. The van der Waals surface area contributed by atoms with E-state index in [0.717, 1.165) is 5.56 Å². The minimum atomic E-state index is -0.0752. The zero-order chi connectivity index (χ0) is 15.2. The van der Waals surface area contributed by atoms with Crippen molar-refractivity contribution in [1.29, 1.82) is 0 Å². The van der Waals surface area contributed by atoms with Gasteiger partial charge in [-0.3, -0.25) is 4.79 Å². The Labute approximate surface area is 125 Å². The number of benzene rings is 2. The molecule has 1 unspecified atom stereocenters. The van der Waals surface area contributed by atoms with Gasteiger partial charge in [0.2, 0.25) is 0 Å². The van der Waals surface area contributed by atoms with E-state index in [4.69, 9.17) is 10.5 Å². The van der Waals surface area contributed by atoms with Crippen LogP contribution in [-0.2, 0) is 4.79 Å². The number of nitrogens with two attached hydrogens (primary N) is 1. The van der Waals surface area contributed by atoms with Gasteiger partial charge >= 0.3 is 0 Å². The van der Waals surface area contributed by atoms with Crippen LogP contribution in [0.15, 0.2) is 54.6 Å². The van der Waals surface area contributed by atoms with Gasteiger partial charge in [-0.2, -0.15) is 0 Å². The number of amides is 1. The number of hydrogen-bond acceptors (Lipinski definition) is 3.